The zero-order valence-corrected chi connectivity index (χ0v) is 16.7. The van der Waals surface area contributed by atoms with Gasteiger partial charge in [0.1, 0.15) is 17.8 Å². The van der Waals surface area contributed by atoms with Gasteiger partial charge >= 0.3 is 0 Å². The monoisotopic (exact) mass is 416 g/mol. The van der Waals surface area contributed by atoms with Crippen LogP contribution in [0.25, 0.3) is 0 Å². The highest BCUT2D eigenvalue weighted by molar-refractivity contribution is 6.42. The molecule has 2 amide bonds. The van der Waals surface area contributed by atoms with Crippen molar-refractivity contribution in [1.82, 2.24) is 9.88 Å². The summed E-state index contributed by atoms with van der Waals surface area (Å²) in [6.45, 7) is 2.15. The van der Waals surface area contributed by atoms with Gasteiger partial charge in [-0.05, 0) is 56.5 Å². The molecule has 0 radical (unpaired) electrons. The molecule has 6 nitrogen and oxygen atoms in total. The number of nitrogens with one attached hydrogen (secondary N) is 1. The van der Waals surface area contributed by atoms with Crippen LogP contribution >= 0.6 is 23.2 Å². The first-order chi connectivity index (χ1) is 13.4. The van der Waals surface area contributed by atoms with Crippen LogP contribution in [0.4, 0.5) is 5.69 Å². The van der Waals surface area contributed by atoms with Crippen molar-refractivity contribution in [3.8, 4) is 6.07 Å². The molecule has 2 aromatic rings. The topological polar surface area (TPSA) is 86.1 Å². The molecular formula is C20H18Cl2N4O2. The highest BCUT2D eigenvalue weighted by Crippen LogP contribution is 2.26. The predicted molar refractivity (Wildman–Crippen MR) is 107 cm³/mol. The van der Waals surface area contributed by atoms with Gasteiger partial charge in [-0.2, -0.15) is 5.26 Å². The highest BCUT2D eigenvalue weighted by atomic mass is 35.5. The molecule has 1 unspecified atom stereocenters. The second kappa shape index (κ2) is 8.59. The Morgan fingerprint density at radius 2 is 2.00 bits per heavy atom. The van der Waals surface area contributed by atoms with Crippen LogP contribution in [-0.4, -0.2) is 34.3 Å². The number of carbonyl (C=O) groups is 2. The van der Waals surface area contributed by atoms with Gasteiger partial charge < -0.3 is 10.2 Å². The summed E-state index contributed by atoms with van der Waals surface area (Å²) in [5.74, 6) is -0.599. The van der Waals surface area contributed by atoms with Gasteiger partial charge in [-0.15, -0.1) is 0 Å². The minimum Gasteiger partial charge on any atom is -0.325 e. The van der Waals surface area contributed by atoms with Crippen molar-refractivity contribution in [1.29, 1.82) is 5.26 Å². The minimum absolute atomic E-state index is 0.228. The van der Waals surface area contributed by atoms with Crippen molar-refractivity contribution in [2.75, 3.05) is 11.9 Å². The summed E-state index contributed by atoms with van der Waals surface area (Å²) in [6.07, 6.45) is 2.23. The zero-order chi connectivity index (χ0) is 20.3. The molecule has 8 heteroatoms. The van der Waals surface area contributed by atoms with E-state index in [1.807, 2.05) is 6.07 Å². The first kappa shape index (κ1) is 20.1. The van der Waals surface area contributed by atoms with E-state index in [9.17, 15) is 9.59 Å². The maximum atomic E-state index is 13.0. The van der Waals surface area contributed by atoms with Crippen LogP contribution in [0.2, 0.25) is 10.0 Å². The summed E-state index contributed by atoms with van der Waals surface area (Å²) in [6, 6.07) is 9.36. The molecule has 1 aliphatic rings. The number of nitrogens with zero attached hydrogens (tertiary/aromatic N) is 3. The maximum absolute atomic E-state index is 13.0. The van der Waals surface area contributed by atoms with Crippen molar-refractivity contribution >= 4 is 40.7 Å². The highest BCUT2D eigenvalue weighted by Gasteiger charge is 2.33. The summed E-state index contributed by atoms with van der Waals surface area (Å²) in [4.78, 5) is 31.6. The largest absolute Gasteiger partial charge is 0.325 e. The van der Waals surface area contributed by atoms with E-state index in [-0.39, 0.29) is 17.5 Å². The number of benzene rings is 1. The molecule has 0 aliphatic carbocycles. The molecule has 2 heterocycles. The van der Waals surface area contributed by atoms with Crippen molar-refractivity contribution < 1.29 is 9.59 Å². The average Bonchev–Trinajstić information content (AvgIpc) is 2.70. The third-order valence-corrected chi connectivity index (χ3v) is 5.42. The second-order valence-corrected chi connectivity index (χ2v) is 7.38. The number of hydrogen-bond acceptors (Lipinski definition) is 4. The number of carbonyl (C=O) groups excluding carboxylic acids is 2. The normalized spacial score (nSPS) is 16.4. The van der Waals surface area contributed by atoms with Crippen molar-refractivity contribution in [3.63, 3.8) is 0 Å². The third-order valence-electron chi connectivity index (χ3n) is 4.68. The number of anilines is 1. The number of nitriles is 1. The zero-order valence-electron chi connectivity index (χ0n) is 15.2. The molecule has 0 saturated carbocycles. The Balaban J connectivity index is 1.80. The fourth-order valence-electron chi connectivity index (χ4n) is 3.19. The van der Waals surface area contributed by atoms with Gasteiger partial charge in [0.2, 0.25) is 5.91 Å². The summed E-state index contributed by atoms with van der Waals surface area (Å²) in [5, 5.41) is 12.6. The molecule has 1 aromatic heterocycles. The fraction of sp³-hybridized carbons (Fsp3) is 0.300. The van der Waals surface area contributed by atoms with Crippen LogP contribution in [0.1, 0.15) is 41.0 Å². The van der Waals surface area contributed by atoms with E-state index in [0.29, 0.717) is 40.0 Å². The summed E-state index contributed by atoms with van der Waals surface area (Å²) < 4.78 is 0. The standard InChI is InChI=1S/C20H18Cl2N4O2/c1-12-13(11-23)5-8-17(24-12)20(28)26-9-3-2-4-18(26)19(27)25-14-6-7-15(21)16(22)10-14/h5-8,10,18H,2-4,9H2,1H3,(H,25,27). The molecule has 1 fully saturated rings. The van der Waals surface area contributed by atoms with E-state index in [4.69, 9.17) is 28.5 Å². The van der Waals surface area contributed by atoms with E-state index >= 15 is 0 Å². The number of aromatic nitrogens is 1. The van der Waals surface area contributed by atoms with Gasteiger partial charge in [-0.3, -0.25) is 9.59 Å². The molecule has 1 saturated heterocycles. The van der Waals surface area contributed by atoms with Crippen LogP contribution in [0.3, 0.4) is 0 Å². The second-order valence-electron chi connectivity index (χ2n) is 6.57. The predicted octanol–water partition coefficient (Wildman–Crippen LogP) is 4.20. The van der Waals surface area contributed by atoms with E-state index in [1.54, 1.807) is 36.1 Å². The Kier molecular flexibility index (Phi) is 6.18. The average molecular weight is 417 g/mol. The molecular weight excluding hydrogens is 399 g/mol. The number of aryl methyl sites for hydroxylation is 1. The van der Waals surface area contributed by atoms with E-state index < -0.39 is 6.04 Å². The number of pyridine rings is 1. The number of halogens is 2. The van der Waals surface area contributed by atoms with Gasteiger partial charge in [-0.25, -0.2) is 4.98 Å². The maximum Gasteiger partial charge on any atom is 0.273 e. The first-order valence-corrected chi connectivity index (χ1v) is 9.61. The Hall–Kier alpha value is -2.62. The lowest BCUT2D eigenvalue weighted by Gasteiger charge is -2.34. The Morgan fingerprint density at radius 1 is 1.21 bits per heavy atom. The van der Waals surface area contributed by atoms with Gasteiger partial charge in [0.15, 0.2) is 0 Å². The molecule has 1 atom stereocenters. The van der Waals surface area contributed by atoms with Crippen molar-refractivity contribution in [2.24, 2.45) is 0 Å². The number of rotatable bonds is 3. The molecule has 0 bridgehead atoms. The van der Waals surface area contributed by atoms with E-state index in [1.165, 1.54) is 6.07 Å². The Labute approximate surface area is 173 Å². The third kappa shape index (κ3) is 4.27. The van der Waals surface area contributed by atoms with Gasteiger partial charge in [-0.1, -0.05) is 23.2 Å². The lowest BCUT2D eigenvalue weighted by Crippen LogP contribution is -2.50. The van der Waals surface area contributed by atoms with Crippen LogP contribution in [0.5, 0.6) is 0 Å². The smallest absolute Gasteiger partial charge is 0.273 e. The molecule has 0 spiro atoms. The van der Waals surface area contributed by atoms with Gasteiger partial charge in [0, 0.05) is 12.2 Å². The van der Waals surface area contributed by atoms with Gasteiger partial charge in [0.05, 0.1) is 21.3 Å². The minimum atomic E-state index is -0.603. The number of piperidine rings is 1. The van der Waals surface area contributed by atoms with Crippen LogP contribution in [0, 0.1) is 18.3 Å². The first-order valence-electron chi connectivity index (χ1n) is 8.85. The Morgan fingerprint density at radius 3 is 2.68 bits per heavy atom. The number of amides is 2. The van der Waals surface area contributed by atoms with Gasteiger partial charge in [0.25, 0.3) is 5.91 Å². The summed E-state index contributed by atoms with van der Waals surface area (Å²) >= 11 is 11.9. The molecule has 1 aromatic carbocycles. The van der Waals surface area contributed by atoms with Crippen LogP contribution in [-0.2, 0) is 4.79 Å². The number of hydrogen-bond donors (Lipinski definition) is 1. The molecule has 1 N–H and O–H groups in total. The number of likely N-dealkylation sites (tertiary alicyclic amines) is 1. The fourth-order valence-corrected chi connectivity index (χ4v) is 3.49. The SMILES string of the molecule is Cc1nc(C(=O)N2CCCCC2C(=O)Nc2ccc(Cl)c(Cl)c2)ccc1C#N. The van der Waals surface area contributed by atoms with Crippen molar-refractivity contribution in [2.45, 2.75) is 32.2 Å². The molecule has 1 aliphatic heterocycles. The summed E-state index contributed by atoms with van der Waals surface area (Å²) in [7, 11) is 0. The molecule has 144 valence electrons. The summed E-state index contributed by atoms with van der Waals surface area (Å²) in [5.41, 5.74) is 1.65. The quantitative estimate of drug-likeness (QED) is 0.811. The van der Waals surface area contributed by atoms with Crippen LogP contribution in [0.15, 0.2) is 30.3 Å². The van der Waals surface area contributed by atoms with Crippen LogP contribution < -0.4 is 5.32 Å². The molecule has 28 heavy (non-hydrogen) atoms. The van der Waals surface area contributed by atoms with E-state index in [2.05, 4.69) is 10.3 Å². The van der Waals surface area contributed by atoms with E-state index in [0.717, 1.165) is 12.8 Å². The lowest BCUT2D eigenvalue weighted by atomic mass is 10.0. The Bertz CT molecular complexity index is 971. The van der Waals surface area contributed by atoms with Crippen molar-refractivity contribution in [3.05, 3.63) is 57.3 Å². The lowest BCUT2D eigenvalue weighted by molar-refractivity contribution is -0.121. The molecule has 3 rings (SSSR count).